The number of benzene rings is 1. The number of carbonyl (C=O) groups excluding carboxylic acids is 1. The summed E-state index contributed by atoms with van der Waals surface area (Å²) in [5.41, 5.74) is 0.221. The highest BCUT2D eigenvalue weighted by molar-refractivity contribution is 9.10. The molecule has 1 aliphatic rings. The minimum atomic E-state index is -3.18. The summed E-state index contributed by atoms with van der Waals surface area (Å²) in [7, 11) is 0. The van der Waals surface area contributed by atoms with Gasteiger partial charge in [0.1, 0.15) is 6.04 Å². The van der Waals surface area contributed by atoms with Gasteiger partial charge >= 0.3 is 12.0 Å². The SMILES string of the molecule is O=C1N[C@@H](c2cc(Cl)ccc2Br)C(F)(F)CO1. The van der Waals surface area contributed by atoms with Crippen molar-refractivity contribution in [3.63, 3.8) is 0 Å². The number of ether oxygens (including phenoxy) is 1. The van der Waals surface area contributed by atoms with Crippen LogP contribution in [0, 0.1) is 0 Å². The summed E-state index contributed by atoms with van der Waals surface area (Å²) >= 11 is 8.91. The van der Waals surface area contributed by atoms with Crippen LogP contribution < -0.4 is 5.32 Å². The molecule has 1 N–H and O–H groups in total. The van der Waals surface area contributed by atoms with Gasteiger partial charge in [-0.25, -0.2) is 13.6 Å². The largest absolute Gasteiger partial charge is 0.443 e. The van der Waals surface area contributed by atoms with Crippen LogP contribution in [0.15, 0.2) is 22.7 Å². The third-order valence-corrected chi connectivity index (χ3v) is 3.31. The van der Waals surface area contributed by atoms with Crippen LogP contribution in [-0.4, -0.2) is 18.6 Å². The molecule has 1 saturated heterocycles. The number of nitrogens with one attached hydrogen (secondary N) is 1. The molecule has 3 nitrogen and oxygen atoms in total. The topological polar surface area (TPSA) is 38.3 Å². The number of carbonyl (C=O) groups is 1. The summed E-state index contributed by atoms with van der Waals surface area (Å²) in [6.07, 6.45) is -0.868. The van der Waals surface area contributed by atoms with Crippen LogP contribution in [-0.2, 0) is 4.74 Å². The van der Waals surface area contributed by atoms with Crippen LogP contribution in [0.2, 0.25) is 5.02 Å². The van der Waals surface area contributed by atoms with Gasteiger partial charge in [0.05, 0.1) is 0 Å². The Bertz CT molecular complexity index is 470. The zero-order chi connectivity index (χ0) is 12.6. The van der Waals surface area contributed by atoms with Gasteiger partial charge in [0.25, 0.3) is 0 Å². The Kier molecular flexibility index (Phi) is 3.27. The van der Waals surface area contributed by atoms with E-state index in [1.807, 2.05) is 0 Å². The summed E-state index contributed by atoms with van der Waals surface area (Å²) in [5.74, 6) is -3.18. The van der Waals surface area contributed by atoms with Crippen molar-refractivity contribution in [3.05, 3.63) is 33.3 Å². The molecule has 1 amide bonds. The molecule has 0 saturated carbocycles. The molecule has 92 valence electrons. The van der Waals surface area contributed by atoms with Crippen LogP contribution in [0.1, 0.15) is 11.6 Å². The Morgan fingerprint density at radius 1 is 1.53 bits per heavy atom. The summed E-state index contributed by atoms with van der Waals surface area (Å²) < 4.78 is 32.0. The highest BCUT2D eigenvalue weighted by Crippen LogP contribution is 2.38. The molecule has 2 rings (SSSR count). The lowest BCUT2D eigenvalue weighted by atomic mass is 10.0. The van der Waals surface area contributed by atoms with Crippen LogP contribution in [0.3, 0.4) is 0 Å². The molecule has 1 atom stereocenters. The van der Waals surface area contributed by atoms with Gasteiger partial charge in [0.15, 0.2) is 6.61 Å². The molecule has 1 fully saturated rings. The molecule has 0 bridgehead atoms. The van der Waals surface area contributed by atoms with Crippen molar-refractivity contribution >= 4 is 33.6 Å². The summed E-state index contributed by atoms with van der Waals surface area (Å²) in [4.78, 5) is 11.0. The lowest BCUT2D eigenvalue weighted by molar-refractivity contribution is -0.104. The normalized spacial score (nSPS) is 22.8. The average Bonchev–Trinajstić information content (AvgIpc) is 2.26. The Hall–Kier alpha value is -0.880. The van der Waals surface area contributed by atoms with Crippen LogP contribution in [0.25, 0.3) is 0 Å². The van der Waals surface area contributed by atoms with Gasteiger partial charge < -0.3 is 10.1 Å². The molecule has 1 heterocycles. The molecule has 0 unspecified atom stereocenters. The Balaban J connectivity index is 2.42. The fraction of sp³-hybridized carbons (Fsp3) is 0.300. The first kappa shape index (κ1) is 12.6. The molecule has 0 aliphatic carbocycles. The quantitative estimate of drug-likeness (QED) is 0.857. The second-order valence-electron chi connectivity index (χ2n) is 3.58. The fourth-order valence-electron chi connectivity index (χ4n) is 1.55. The van der Waals surface area contributed by atoms with E-state index in [9.17, 15) is 13.6 Å². The van der Waals surface area contributed by atoms with E-state index in [-0.39, 0.29) is 5.56 Å². The number of hydrogen-bond donors (Lipinski definition) is 1. The van der Waals surface area contributed by atoms with E-state index < -0.39 is 24.7 Å². The van der Waals surface area contributed by atoms with Crippen molar-refractivity contribution in [3.8, 4) is 0 Å². The predicted octanol–water partition coefficient (Wildman–Crippen LogP) is 3.52. The Morgan fingerprint density at radius 3 is 2.94 bits per heavy atom. The lowest BCUT2D eigenvalue weighted by Crippen LogP contribution is -2.49. The number of halogens is 4. The van der Waals surface area contributed by atoms with Crippen molar-refractivity contribution < 1.29 is 18.3 Å². The standard InChI is InChI=1S/C10H7BrClF2NO2/c11-7-2-1-5(12)3-6(7)8-10(13,14)4-17-9(16)15-8/h1-3,8H,4H2,(H,15,16)/t8-/m0/s1. The molecular formula is C10H7BrClF2NO2. The van der Waals surface area contributed by atoms with E-state index in [4.69, 9.17) is 11.6 Å². The van der Waals surface area contributed by atoms with E-state index in [2.05, 4.69) is 26.0 Å². The number of amides is 1. The summed E-state index contributed by atoms with van der Waals surface area (Å²) in [6, 6.07) is 3.05. The number of alkyl halides is 2. The molecule has 1 aliphatic heterocycles. The second kappa shape index (κ2) is 4.42. The third-order valence-electron chi connectivity index (χ3n) is 2.35. The maximum atomic E-state index is 13.6. The van der Waals surface area contributed by atoms with Crippen molar-refractivity contribution in [2.45, 2.75) is 12.0 Å². The average molecular weight is 327 g/mol. The highest BCUT2D eigenvalue weighted by Gasteiger charge is 2.47. The maximum absolute atomic E-state index is 13.6. The predicted molar refractivity (Wildman–Crippen MR) is 61.3 cm³/mol. The molecule has 0 radical (unpaired) electrons. The lowest BCUT2D eigenvalue weighted by Gasteiger charge is -2.32. The van der Waals surface area contributed by atoms with Gasteiger partial charge in [-0.1, -0.05) is 27.5 Å². The first-order valence-corrected chi connectivity index (χ1v) is 5.83. The second-order valence-corrected chi connectivity index (χ2v) is 4.87. The van der Waals surface area contributed by atoms with Gasteiger partial charge in [0, 0.05) is 9.50 Å². The number of alkyl carbamates (subject to hydrolysis) is 1. The molecule has 0 aromatic heterocycles. The van der Waals surface area contributed by atoms with Crippen LogP contribution in [0.4, 0.5) is 13.6 Å². The monoisotopic (exact) mass is 325 g/mol. The molecule has 1 aromatic carbocycles. The van der Waals surface area contributed by atoms with Gasteiger partial charge in [-0.15, -0.1) is 0 Å². The minimum absolute atomic E-state index is 0.221. The fourth-order valence-corrected chi connectivity index (χ4v) is 2.21. The highest BCUT2D eigenvalue weighted by atomic mass is 79.9. The summed E-state index contributed by atoms with van der Waals surface area (Å²) in [6.45, 7) is -0.942. The maximum Gasteiger partial charge on any atom is 0.408 e. The van der Waals surface area contributed by atoms with E-state index in [1.54, 1.807) is 12.1 Å². The number of cyclic esters (lactones) is 1. The molecule has 17 heavy (non-hydrogen) atoms. The third kappa shape index (κ3) is 2.52. The molecule has 0 spiro atoms. The first-order chi connectivity index (χ1) is 7.90. The van der Waals surface area contributed by atoms with Crippen molar-refractivity contribution in [2.75, 3.05) is 6.61 Å². The molecule has 1 aromatic rings. The number of rotatable bonds is 1. The zero-order valence-corrected chi connectivity index (χ0v) is 10.7. The van der Waals surface area contributed by atoms with Gasteiger partial charge in [-0.3, -0.25) is 0 Å². The van der Waals surface area contributed by atoms with E-state index in [0.29, 0.717) is 9.50 Å². The summed E-state index contributed by atoms with van der Waals surface area (Å²) in [5, 5.41) is 2.41. The van der Waals surface area contributed by atoms with Crippen LogP contribution >= 0.6 is 27.5 Å². The van der Waals surface area contributed by atoms with Crippen molar-refractivity contribution in [1.29, 1.82) is 0 Å². The van der Waals surface area contributed by atoms with E-state index >= 15 is 0 Å². The minimum Gasteiger partial charge on any atom is -0.443 e. The first-order valence-electron chi connectivity index (χ1n) is 4.66. The molecular weight excluding hydrogens is 319 g/mol. The number of hydrogen-bond acceptors (Lipinski definition) is 2. The van der Waals surface area contributed by atoms with Crippen LogP contribution in [0.5, 0.6) is 0 Å². The van der Waals surface area contributed by atoms with E-state index in [1.165, 1.54) is 6.07 Å². The zero-order valence-electron chi connectivity index (χ0n) is 8.34. The Morgan fingerprint density at radius 2 is 2.24 bits per heavy atom. The Labute approximate surface area is 109 Å². The molecule has 7 heteroatoms. The van der Waals surface area contributed by atoms with E-state index in [0.717, 1.165) is 0 Å². The van der Waals surface area contributed by atoms with Gasteiger partial charge in [-0.2, -0.15) is 0 Å². The van der Waals surface area contributed by atoms with Crippen molar-refractivity contribution in [2.24, 2.45) is 0 Å². The van der Waals surface area contributed by atoms with Crippen molar-refractivity contribution in [1.82, 2.24) is 5.32 Å². The van der Waals surface area contributed by atoms with Gasteiger partial charge in [-0.05, 0) is 23.8 Å². The smallest absolute Gasteiger partial charge is 0.408 e. The van der Waals surface area contributed by atoms with Gasteiger partial charge in [0.2, 0.25) is 0 Å².